The zero-order valence-corrected chi connectivity index (χ0v) is 19.1. The first kappa shape index (κ1) is 22.6. The topological polar surface area (TPSA) is 60.2 Å². The van der Waals surface area contributed by atoms with Gasteiger partial charge >= 0.3 is 0 Å². The monoisotopic (exact) mass is 436 g/mol. The van der Waals surface area contributed by atoms with Crippen LogP contribution in [0.3, 0.4) is 0 Å². The van der Waals surface area contributed by atoms with Gasteiger partial charge < -0.3 is 9.64 Å². The van der Waals surface area contributed by atoms with E-state index in [9.17, 15) is 4.79 Å². The van der Waals surface area contributed by atoms with Gasteiger partial charge in [-0.1, -0.05) is 49.0 Å². The molecule has 1 heterocycles. The molecular formula is C24H28N4O2S. The van der Waals surface area contributed by atoms with Crippen LogP contribution in [0.5, 0.6) is 5.75 Å². The molecule has 2 aromatic carbocycles. The minimum atomic E-state index is 0.0507. The zero-order valence-electron chi connectivity index (χ0n) is 18.2. The fourth-order valence-electron chi connectivity index (χ4n) is 3.21. The molecule has 7 heteroatoms. The Morgan fingerprint density at radius 3 is 2.68 bits per heavy atom. The number of ether oxygens (including phenoxy) is 1. The highest BCUT2D eigenvalue weighted by molar-refractivity contribution is 7.98. The Labute approximate surface area is 187 Å². The molecule has 0 saturated heterocycles. The van der Waals surface area contributed by atoms with Crippen LogP contribution in [0.15, 0.2) is 66.3 Å². The van der Waals surface area contributed by atoms with Crippen LogP contribution >= 0.6 is 11.8 Å². The SMILES string of the molecule is C=CCn1c(SCc2ccc(C(=O)N(C)CCC)cc2)nnc1-c1cccc(OC)c1. The molecule has 0 bridgehead atoms. The van der Waals surface area contributed by atoms with Crippen molar-refractivity contribution in [3.63, 3.8) is 0 Å². The first-order valence-corrected chi connectivity index (χ1v) is 11.2. The van der Waals surface area contributed by atoms with E-state index in [1.54, 1.807) is 23.8 Å². The number of methoxy groups -OCH3 is 1. The van der Waals surface area contributed by atoms with Crippen molar-refractivity contribution in [1.29, 1.82) is 0 Å². The van der Waals surface area contributed by atoms with Crippen molar-refractivity contribution in [2.45, 2.75) is 30.8 Å². The number of rotatable bonds is 10. The molecule has 0 N–H and O–H groups in total. The van der Waals surface area contributed by atoms with Gasteiger partial charge in [0.1, 0.15) is 5.75 Å². The summed E-state index contributed by atoms with van der Waals surface area (Å²) in [6.45, 7) is 7.30. The molecule has 1 amide bonds. The molecule has 6 nitrogen and oxygen atoms in total. The third kappa shape index (κ3) is 5.55. The summed E-state index contributed by atoms with van der Waals surface area (Å²) in [5, 5.41) is 9.62. The highest BCUT2D eigenvalue weighted by Gasteiger charge is 2.15. The minimum Gasteiger partial charge on any atom is -0.497 e. The molecule has 0 unspecified atom stereocenters. The second-order valence-electron chi connectivity index (χ2n) is 7.15. The summed E-state index contributed by atoms with van der Waals surface area (Å²) in [6.07, 6.45) is 2.78. The summed E-state index contributed by atoms with van der Waals surface area (Å²) in [4.78, 5) is 14.2. The minimum absolute atomic E-state index is 0.0507. The maximum Gasteiger partial charge on any atom is 0.253 e. The number of thioether (sulfide) groups is 1. The summed E-state index contributed by atoms with van der Waals surface area (Å²) >= 11 is 1.61. The number of aromatic nitrogens is 3. The van der Waals surface area contributed by atoms with Gasteiger partial charge in [0.05, 0.1) is 7.11 Å². The van der Waals surface area contributed by atoms with Crippen LogP contribution in [-0.2, 0) is 12.3 Å². The van der Waals surface area contributed by atoms with Gasteiger partial charge in [0.25, 0.3) is 5.91 Å². The van der Waals surface area contributed by atoms with E-state index in [-0.39, 0.29) is 5.91 Å². The van der Waals surface area contributed by atoms with E-state index in [1.807, 2.05) is 66.2 Å². The molecule has 3 aromatic rings. The number of benzene rings is 2. The number of hydrogen-bond donors (Lipinski definition) is 0. The van der Waals surface area contributed by atoms with Crippen LogP contribution < -0.4 is 4.74 Å². The average molecular weight is 437 g/mol. The van der Waals surface area contributed by atoms with Gasteiger partial charge in [0, 0.05) is 37.0 Å². The first-order chi connectivity index (χ1) is 15.1. The third-order valence-corrected chi connectivity index (χ3v) is 5.87. The fourth-order valence-corrected chi connectivity index (χ4v) is 4.12. The highest BCUT2D eigenvalue weighted by atomic mass is 32.2. The maximum atomic E-state index is 12.4. The van der Waals surface area contributed by atoms with Gasteiger partial charge in [-0.2, -0.15) is 0 Å². The fraction of sp³-hybridized carbons (Fsp3) is 0.292. The molecule has 0 aliphatic rings. The number of hydrogen-bond acceptors (Lipinski definition) is 5. The van der Waals surface area contributed by atoms with Crippen LogP contribution in [0.4, 0.5) is 0 Å². The van der Waals surface area contributed by atoms with E-state index < -0.39 is 0 Å². The Morgan fingerprint density at radius 1 is 1.23 bits per heavy atom. The molecule has 31 heavy (non-hydrogen) atoms. The van der Waals surface area contributed by atoms with Gasteiger partial charge in [0.15, 0.2) is 11.0 Å². The zero-order chi connectivity index (χ0) is 22.2. The summed E-state index contributed by atoms with van der Waals surface area (Å²) in [7, 11) is 3.48. The number of carbonyl (C=O) groups is 1. The highest BCUT2D eigenvalue weighted by Crippen LogP contribution is 2.28. The lowest BCUT2D eigenvalue weighted by atomic mass is 10.1. The predicted molar refractivity (Wildman–Crippen MR) is 125 cm³/mol. The smallest absolute Gasteiger partial charge is 0.253 e. The molecule has 1 aromatic heterocycles. The lowest BCUT2D eigenvalue weighted by Gasteiger charge is -2.16. The van der Waals surface area contributed by atoms with Crippen molar-refractivity contribution in [1.82, 2.24) is 19.7 Å². The van der Waals surface area contributed by atoms with Crippen LogP contribution in [-0.4, -0.2) is 46.3 Å². The maximum absolute atomic E-state index is 12.4. The largest absolute Gasteiger partial charge is 0.497 e. The van der Waals surface area contributed by atoms with Gasteiger partial charge in [-0.3, -0.25) is 9.36 Å². The molecule has 0 spiro atoms. The Balaban J connectivity index is 1.73. The molecule has 0 saturated carbocycles. The summed E-state index contributed by atoms with van der Waals surface area (Å²) in [5.41, 5.74) is 2.77. The van der Waals surface area contributed by atoms with E-state index >= 15 is 0 Å². The van der Waals surface area contributed by atoms with Gasteiger partial charge in [-0.15, -0.1) is 16.8 Å². The molecule has 0 aliphatic carbocycles. The summed E-state index contributed by atoms with van der Waals surface area (Å²) in [6, 6.07) is 15.6. The number of nitrogens with zero attached hydrogens (tertiary/aromatic N) is 4. The van der Waals surface area contributed by atoms with Crippen LogP contribution in [0.1, 0.15) is 29.3 Å². The second kappa shape index (κ2) is 10.8. The second-order valence-corrected chi connectivity index (χ2v) is 8.09. The summed E-state index contributed by atoms with van der Waals surface area (Å²) in [5.74, 6) is 2.34. The van der Waals surface area contributed by atoms with Crippen molar-refractivity contribution in [2.75, 3.05) is 20.7 Å². The predicted octanol–water partition coefficient (Wildman–Crippen LogP) is 4.91. The normalized spacial score (nSPS) is 10.7. The molecule has 3 rings (SSSR count). The van der Waals surface area contributed by atoms with Crippen molar-refractivity contribution in [2.24, 2.45) is 0 Å². The van der Waals surface area contributed by atoms with Crippen molar-refractivity contribution >= 4 is 17.7 Å². The van der Waals surface area contributed by atoms with E-state index in [4.69, 9.17) is 4.74 Å². The Kier molecular flexibility index (Phi) is 7.89. The lowest BCUT2D eigenvalue weighted by molar-refractivity contribution is 0.0795. The number of allylic oxidation sites excluding steroid dienone is 1. The third-order valence-electron chi connectivity index (χ3n) is 4.83. The molecule has 0 radical (unpaired) electrons. The Morgan fingerprint density at radius 2 is 2.00 bits per heavy atom. The number of carbonyl (C=O) groups excluding carboxylic acids is 1. The van der Waals surface area contributed by atoms with Crippen molar-refractivity contribution in [3.8, 4) is 17.1 Å². The molecule has 0 aliphatic heterocycles. The molecular weight excluding hydrogens is 408 g/mol. The average Bonchev–Trinajstić information content (AvgIpc) is 3.20. The lowest BCUT2D eigenvalue weighted by Crippen LogP contribution is -2.27. The van der Waals surface area contributed by atoms with E-state index in [0.717, 1.165) is 46.6 Å². The number of amides is 1. The Bertz CT molecular complexity index is 1030. The van der Waals surface area contributed by atoms with Crippen LogP contribution in [0.25, 0.3) is 11.4 Å². The van der Waals surface area contributed by atoms with Crippen molar-refractivity contribution in [3.05, 3.63) is 72.3 Å². The summed E-state index contributed by atoms with van der Waals surface area (Å²) < 4.78 is 7.38. The standard InChI is InChI=1S/C24H28N4O2S/c1-5-14-27(3)23(29)19-12-10-18(11-13-19)17-31-24-26-25-22(28(24)15-6-2)20-8-7-9-21(16-20)30-4/h6-13,16H,2,5,14-15,17H2,1,3-4H3. The van der Waals surface area contributed by atoms with E-state index in [2.05, 4.69) is 23.7 Å². The van der Waals surface area contributed by atoms with Crippen LogP contribution in [0, 0.1) is 0 Å². The molecule has 162 valence electrons. The van der Waals surface area contributed by atoms with E-state index in [1.165, 1.54) is 0 Å². The first-order valence-electron chi connectivity index (χ1n) is 10.2. The van der Waals surface area contributed by atoms with Gasteiger partial charge in [-0.05, 0) is 36.2 Å². The van der Waals surface area contributed by atoms with Crippen LogP contribution in [0.2, 0.25) is 0 Å². The van der Waals surface area contributed by atoms with Gasteiger partial charge in [0.2, 0.25) is 0 Å². The van der Waals surface area contributed by atoms with Crippen molar-refractivity contribution < 1.29 is 9.53 Å². The quantitative estimate of drug-likeness (QED) is 0.334. The van der Waals surface area contributed by atoms with E-state index in [0.29, 0.717) is 12.1 Å². The molecule has 0 atom stereocenters. The van der Waals surface area contributed by atoms with Gasteiger partial charge in [-0.25, -0.2) is 0 Å². The molecule has 0 fully saturated rings. The Hall–Kier alpha value is -3.06.